The maximum atomic E-state index is 5.77. The molecule has 1 aromatic rings. The summed E-state index contributed by atoms with van der Waals surface area (Å²) in [6.45, 7) is 4.16. The van der Waals surface area contributed by atoms with Gasteiger partial charge in [0.25, 0.3) is 0 Å². The maximum Gasteiger partial charge on any atom is 0.113 e. The molecule has 1 aromatic heterocycles. The molecule has 0 aliphatic carbocycles. The Kier molecular flexibility index (Phi) is 6.15. The fourth-order valence-electron chi connectivity index (χ4n) is 1.24. The van der Waals surface area contributed by atoms with Gasteiger partial charge < -0.3 is 5.32 Å². The molecule has 0 aliphatic rings. The minimum atomic E-state index is 0.771. The normalized spacial score (nSPS) is 10.7. The van der Waals surface area contributed by atoms with E-state index in [4.69, 9.17) is 11.6 Å². The Balaban J connectivity index is 1.99. The average molecular weight is 233 g/mol. The van der Waals surface area contributed by atoms with Gasteiger partial charge in [-0.2, -0.15) is 0 Å². The van der Waals surface area contributed by atoms with Crippen molar-refractivity contribution in [1.82, 2.24) is 10.3 Å². The monoisotopic (exact) mass is 232 g/mol. The van der Waals surface area contributed by atoms with Gasteiger partial charge in [0.15, 0.2) is 0 Å². The van der Waals surface area contributed by atoms with Crippen LogP contribution in [0.15, 0.2) is 6.20 Å². The molecule has 0 amide bonds. The first kappa shape index (κ1) is 12.0. The predicted molar refractivity (Wildman–Crippen MR) is 63.0 cm³/mol. The standard InChI is InChI=1S/C10H17ClN2S/c1-2-3-4-5-6-12-8-10-13-7-9(11)14-10/h7,12H,2-6,8H2,1H3. The fourth-order valence-corrected chi connectivity index (χ4v) is 2.17. The number of hydrogen-bond donors (Lipinski definition) is 1. The third-order valence-corrected chi connectivity index (χ3v) is 3.12. The number of hydrogen-bond acceptors (Lipinski definition) is 3. The van der Waals surface area contributed by atoms with Gasteiger partial charge in [-0.15, -0.1) is 11.3 Å². The van der Waals surface area contributed by atoms with Gasteiger partial charge in [0.2, 0.25) is 0 Å². The average Bonchev–Trinajstić information content (AvgIpc) is 2.58. The Labute approximate surface area is 94.7 Å². The van der Waals surface area contributed by atoms with Gasteiger partial charge in [-0.25, -0.2) is 4.98 Å². The number of rotatable bonds is 7. The van der Waals surface area contributed by atoms with Crippen LogP contribution in [0.4, 0.5) is 0 Å². The van der Waals surface area contributed by atoms with Gasteiger partial charge in [0, 0.05) is 6.54 Å². The van der Waals surface area contributed by atoms with E-state index in [2.05, 4.69) is 17.2 Å². The Morgan fingerprint density at radius 1 is 1.43 bits per heavy atom. The number of nitrogens with zero attached hydrogens (tertiary/aromatic N) is 1. The maximum absolute atomic E-state index is 5.77. The van der Waals surface area contributed by atoms with E-state index in [-0.39, 0.29) is 0 Å². The Morgan fingerprint density at radius 3 is 2.93 bits per heavy atom. The van der Waals surface area contributed by atoms with Crippen molar-refractivity contribution in [2.45, 2.75) is 39.2 Å². The molecule has 4 heteroatoms. The third kappa shape index (κ3) is 4.94. The summed E-state index contributed by atoms with van der Waals surface area (Å²) >= 11 is 7.32. The molecule has 0 saturated heterocycles. The molecule has 0 bridgehead atoms. The van der Waals surface area contributed by atoms with Crippen molar-refractivity contribution in [3.8, 4) is 0 Å². The lowest BCUT2D eigenvalue weighted by molar-refractivity contribution is 0.597. The van der Waals surface area contributed by atoms with Crippen LogP contribution in [0.1, 0.15) is 37.6 Å². The first-order valence-corrected chi connectivity index (χ1v) is 6.33. The summed E-state index contributed by atoms with van der Waals surface area (Å²) < 4.78 is 0.771. The molecular formula is C10H17ClN2S. The first-order chi connectivity index (χ1) is 6.83. The molecule has 0 aromatic carbocycles. The van der Waals surface area contributed by atoms with Gasteiger partial charge in [-0.3, -0.25) is 0 Å². The zero-order chi connectivity index (χ0) is 10.2. The summed E-state index contributed by atoms with van der Waals surface area (Å²) in [6.07, 6.45) is 6.92. The molecular weight excluding hydrogens is 216 g/mol. The van der Waals surface area contributed by atoms with Gasteiger partial charge in [0.1, 0.15) is 9.34 Å². The highest BCUT2D eigenvalue weighted by Crippen LogP contribution is 2.17. The van der Waals surface area contributed by atoms with E-state index in [1.54, 1.807) is 17.5 Å². The second kappa shape index (κ2) is 7.21. The highest BCUT2D eigenvalue weighted by molar-refractivity contribution is 7.15. The van der Waals surface area contributed by atoms with Crippen LogP contribution < -0.4 is 5.32 Å². The van der Waals surface area contributed by atoms with E-state index in [0.717, 1.165) is 22.4 Å². The Hall–Kier alpha value is -0.120. The quantitative estimate of drug-likeness (QED) is 0.729. The molecule has 14 heavy (non-hydrogen) atoms. The Bertz CT molecular complexity index is 250. The zero-order valence-corrected chi connectivity index (χ0v) is 10.1. The van der Waals surface area contributed by atoms with Crippen LogP contribution in [-0.4, -0.2) is 11.5 Å². The van der Waals surface area contributed by atoms with Crippen molar-refractivity contribution in [2.75, 3.05) is 6.54 Å². The molecule has 0 spiro atoms. The zero-order valence-electron chi connectivity index (χ0n) is 8.55. The molecule has 1 rings (SSSR count). The van der Waals surface area contributed by atoms with Gasteiger partial charge >= 0.3 is 0 Å². The lowest BCUT2D eigenvalue weighted by Crippen LogP contribution is -2.14. The van der Waals surface area contributed by atoms with E-state index in [0.29, 0.717) is 0 Å². The number of aromatic nitrogens is 1. The SMILES string of the molecule is CCCCCCNCc1ncc(Cl)s1. The number of nitrogens with one attached hydrogen (secondary N) is 1. The number of halogens is 1. The topological polar surface area (TPSA) is 24.9 Å². The summed E-state index contributed by atoms with van der Waals surface area (Å²) in [5.74, 6) is 0. The highest BCUT2D eigenvalue weighted by atomic mass is 35.5. The van der Waals surface area contributed by atoms with Crippen LogP contribution in [0.3, 0.4) is 0 Å². The summed E-state index contributed by atoms with van der Waals surface area (Å²) in [5.41, 5.74) is 0. The van der Waals surface area contributed by atoms with Crippen molar-refractivity contribution in [2.24, 2.45) is 0 Å². The van der Waals surface area contributed by atoms with Crippen molar-refractivity contribution >= 4 is 22.9 Å². The van der Waals surface area contributed by atoms with Crippen molar-refractivity contribution in [3.63, 3.8) is 0 Å². The van der Waals surface area contributed by atoms with Crippen LogP contribution in [0.2, 0.25) is 4.34 Å². The molecule has 1 heterocycles. The van der Waals surface area contributed by atoms with Gasteiger partial charge in [-0.05, 0) is 13.0 Å². The third-order valence-electron chi connectivity index (χ3n) is 2.01. The van der Waals surface area contributed by atoms with Crippen LogP contribution in [0, 0.1) is 0 Å². The largest absolute Gasteiger partial charge is 0.310 e. The van der Waals surface area contributed by atoms with Crippen molar-refractivity contribution in [1.29, 1.82) is 0 Å². The number of thiazole rings is 1. The molecule has 1 N–H and O–H groups in total. The lowest BCUT2D eigenvalue weighted by atomic mass is 10.2. The van der Waals surface area contributed by atoms with E-state index in [1.165, 1.54) is 25.7 Å². The molecule has 0 unspecified atom stereocenters. The van der Waals surface area contributed by atoms with Crippen LogP contribution in [-0.2, 0) is 6.54 Å². The van der Waals surface area contributed by atoms with E-state index in [1.807, 2.05) is 0 Å². The summed E-state index contributed by atoms with van der Waals surface area (Å²) in [7, 11) is 0. The van der Waals surface area contributed by atoms with E-state index in [9.17, 15) is 0 Å². The molecule has 80 valence electrons. The first-order valence-electron chi connectivity index (χ1n) is 5.14. The van der Waals surface area contributed by atoms with Crippen molar-refractivity contribution in [3.05, 3.63) is 15.5 Å². The summed E-state index contributed by atoms with van der Waals surface area (Å²) in [4.78, 5) is 4.17. The highest BCUT2D eigenvalue weighted by Gasteiger charge is 1.98. The van der Waals surface area contributed by atoms with Gasteiger partial charge in [-0.1, -0.05) is 37.8 Å². The fraction of sp³-hybridized carbons (Fsp3) is 0.700. The van der Waals surface area contributed by atoms with Gasteiger partial charge in [0.05, 0.1) is 6.20 Å². The predicted octanol–water partition coefficient (Wildman–Crippen LogP) is 3.47. The van der Waals surface area contributed by atoms with Crippen LogP contribution in [0.5, 0.6) is 0 Å². The molecule has 2 nitrogen and oxygen atoms in total. The minimum Gasteiger partial charge on any atom is -0.310 e. The second-order valence-electron chi connectivity index (χ2n) is 3.30. The molecule has 0 aliphatic heterocycles. The van der Waals surface area contributed by atoms with Crippen LogP contribution >= 0.6 is 22.9 Å². The molecule has 0 saturated carbocycles. The molecule has 0 radical (unpaired) electrons. The van der Waals surface area contributed by atoms with Crippen LogP contribution in [0.25, 0.3) is 0 Å². The Morgan fingerprint density at radius 2 is 2.29 bits per heavy atom. The van der Waals surface area contributed by atoms with Crippen molar-refractivity contribution < 1.29 is 0 Å². The molecule has 0 atom stereocenters. The minimum absolute atomic E-state index is 0.771. The number of unbranched alkanes of at least 4 members (excludes halogenated alkanes) is 3. The summed E-state index contributed by atoms with van der Waals surface area (Å²) in [6, 6.07) is 0. The lowest BCUT2D eigenvalue weighted by Gasteiger charge is -2.01. The second-order valence-corrected chi connectivity index (χ2v) is 5.04. The van der Waals surface area contributed by atoms with E-state index >= 15 is 0 Å². The summed E-state index contributed by atoms with van der Waals surface area (Å²) in [5, 5.41) is 4.44. The van der Waals surface area contributed by atoms with E-state index < -0.39 is 0 Å². The molecule has 0 fully saturated rings. The smallest absolute Gasteiger partial charge is 0.113 e.